The van der Waals surface area contributed by atoms with Crippen LogP contribution in [0, 0.1) is 0 Å². The molecule has 5 heteroatoms. The number of carbonyl (C=O) groups excluding carboxylic acids is 1. The molecule has 1 fully saturated rings. The number of aromatic nitrogens is 1. The van der Waals surface area contributed by atoms with Gasteiger partial charge in [0.05, 0.1) is 0 Å². The van der Waals surface area contributed by atoms with Gasteiger partial charge in [-0.05, 0) is 32.9 Å². The Bertz CT molecular complexity index is 442. The normalized spacial score (nSPS) is 18.7. The third-order valence-corrected chi connectivity index (χ3v) is 3.07. The Hall–Kier alpha value is -1.78. The molecule has 0 spiro atoms. The van der Waals surface area contributed by atoms with E-state index in [0.717, 1.165) is 18.8 Å². The third kappa shape index (κ3) is 3.16. The van der Waals surface area contributed by atoms with E-state index in [0.29, 0.717) is 0 Å². The van der Waals surface area contributed by atoms with E-state index >= 15 is 0 Å². The van der Waals surface area contributed by atoms with Crippen molar-refractivity contribution in [2.75, 3.05) is 18.5 Å². The lowest BCUT2D eigenvalue weighted by Crippen LogP contribution is -2.60. The van der Waals surface area contributed by atoms with Gasteiger partial charge >= 0.3 is 6.09 Å². The summed E-state index contributed by atoms with van der Waals surface area (Å²) in [6, 6.07) is 5.75. The molecule has 0 radical (unpaired) electrons. The lowest BCUT2D eigenvalue weighted by Gasteiger charge is -2.46. The van der Waals surface area contributed by atoms with Gasteiger partial charge in [-0.2, -0.15) is 0 Å². The number of ether oxygens (including phenoxy) is 1. The molecular weight excluding hydrogens is 242 g/mol. The van der Waals surface area contributed by atoms with E-state index in [1.807, 2.05) is 50.9 Å². The maximum atomic E-state index is 12.0. The van der Waals surface area contributed by atoms with Crippen molar-refractivity contribution in [3.05, 3.63) is 24.4 Å². The molecule has 1 atom stereocenters. The molecule has 0 aliphatic carbocycles. The summed E-state index contributed by atoms with van der Waals surface area (Å²) < 4.78 is 5.40. The molecule has 1 aromatic heterocycles. The van der Waals surface area contributed by atoms with Crippen molar-refractivity contribution in [1.29, 1.82) is 0 Å². The minimum absolute atomic E-state index is 0.0322. The summed E-state index contributed by atoms with van der Waals surface area (Å²) in [7, 11) is 1.95. The van der Waals surface area contributed by atoms with Crippen molar-refractivity contribution < 1.29 is 9.53 Å². The monoisotopic (exact) mass is 263 g/mol. The van der Waals surface area contributed by atoms with E-state index in [1.165, 1.54) is 0 Å². The number of carbonyl (C=O) groups is 1. The Labute approximate surface area is 114 Å². The fraction of sp³-hybridized carbons (Fsp3) is 0.571. The average Bonchev–Trinajstić information content (AvgIpc) is 2.26. The predicted molar refractivity (Wildman–Crippen MR) is 74.0 cm³/mol. The van der Waals surface area contributed by atoms with Gasteiger partial charge in [-0.15, -0.1) is 0 Å². The van der Waals surface area contributed by atoms with Crippen molar-refractivity contribution in [2.45, 2.75) is 39.0 Å². The Balaban J connectivity index is 2.01. The van der Waals surface area contributed by atoms with Crippen LogP contribution in [0.2, 0.25) is 0 Å². The number of hydrogen-bond acceptors (Lipinski definition) is 4. The SMILES string of the molecule is CN(c1ccccn1)C1CCN1C(=O)OC(C)(C)C. The number of hydrogen-bond donors (Lipinski definition) is 0. The first kappa shape index (κ1) is 13.6. The highest BCUT2D eigenvalue weighted by atomic mass is 16.6. The van der Waals surface area contributed by atoms with Crippen molar-refractivity contribution in [2.24, 2.45) is 0 Å². The molecule has 19 heavy (non-hydrogen) atoms. The van der Waals surface area contributed by atoms with Gasteiger partial charge in [0.2, 0.25) is 0 Å². The highest BCUT2D eigenvalue weighted by Crippen LogP contribution is 2.26. The molecule has 0 N–H and O–H groups in total. The van der Waals surface area contributed by atoms with E-state index in [-0.39, 0.29) is 12.3 Å². The average molecular weight is 263 g/mol. The minimum atomic E-state index is -0.458. The van der Waals surface area contributed by atoms with Gasteiger partial charge in [0.1, 0.15) is 17.6 Å². The molecule has 2 heterocycles. The Morgan fingerprint density at radius 3 is 2.68 bits per heavy atom. The third-order valence-electron chi connectivity index (χ3n) is 3.07. The number of nitrogens with zero attached hydrogens (tertiary/aromatic N) is 3. The summed E-state index contributed by atoms with van der Waals surface area (Å²) >= 11 is 0. The van der Waals surface area contributed by atoms with Crippen molar-refractivity contribution >= 4 is 11.9 Å². The van der Waals surface area contributed by atoms with Gasteiger partial charge in [-0.1, -0.05) is 6.07 Å². The van der Waals surface area contributed by atoms with Crippen LogP contribution in [0.4, 0.5) is 10.6 Å². The van der Waals surface area contributed by atoms with Gasteiger partial charge in [-0.25, -0.2) is 9.78 Å². The van der Waals surface area contributed by atoms with Crippen LogP contribution in [0.15, 0.2) is 24.4 Å². The number of anilines is 1. The summed E-state index contributed by atoms with van der Waals surface area (Å²) in [6.45, 7) is 6.36. The molecule has 5 nitrogen and oxygen atoms in total. The van der Waals surface area contributed by atoms with Crippen LogP contribution in [-0.4, -0.2) is 41.3 Å². The molecule has 1 aromatic rings. The minimum Gasteiger partial charge on any atom is -0.444 e. The molecular formula is C14H21N3O2. The molecule has 0 aromatic carbocycles. The molecule has 104 valence electrons. The smallest absolute Gasteiger partial charge is 0.411 e. The van der Waals surface area contributed by atoms with Crippen LogP contribution in [0.1, 0.15) is 27.2 Å². The first-order chi connectivity index (χ1) is 8.88. The van der Waals surface area contributed by atoms with E-state index < -0.39 is 5.60 Å². The highest BCUT2D eigenvalue weighted by Gasteiger charge is 2.38. The molecule has 0 saturated carbocycles. The fourth-order valence-corrected chi connectivity index (χ4v) is 2.02. The summed E-state index contributed by atoms with van der Waals surface area (Å²) in [5, 5.41) is 0. The molecule has 1 saturated heterocycles. The number of amides is 1. The van der Waals surface area contributed by atoms with Crippen LogP contribution in [0.3, 0.4) is 0 Å². The fourth-order valence-electron chi connectivity index (χ4n) is 2.02. The van der Waals surface area contributed by atoms with Crippen molar-refractivity contribution in [3.8, 4) is 0 Å². The largest absolute Gasteiger partial charge is 0.444 e. The standard InChI is InChI=1S/C14H21N3O2/c1-14(2,3)19-13(18)17-10-8-12(17)16(4)11-7-5-6-9-15-11/h5-7,9,12H,8,10H2,1-4H3. The van der Waals surface area contributed by atoms with Gasteiger partial charge < -0.3 is 9.64 Å². The van der Waals surface area contributed by atoms with E-state index in [2.05, 4.69) is 4.98 Å². The van der Waals surface area contributed by atoms with E-state index in [1.54, 1.807) is 11.1 Å². The topological polar surface area (TPSA) is 45.7 Å². The first-order valence-corrected chi connectivity index (χ1v) is 6.52. The van der Waals surface area contributed by atoms with Gasteiger partial charge in [0.25, 0.3) is 0 Å². The predicted octanol–water partition coefficient (Wildman–Crippen LogP) is 2.48. The van der Waals surface area contributed by atoms with Gasteiger partial charge in [-0.3, -0.25) is 4.90 Å². The maximum Gasteiger partial charge on any atom is 0.411 e. The zero-order valence-corrected chi connectivity index (χ0v) is 12.0. The molecule has 2 rings (SSSR count). The lowest BCUT2D eigenvalue weighted by molar-refractivity contribution is -0.00494. The zero-order valence-electron chi connectivity index (χ0n) is 12.0. The second-order valence-corrected chi connectivity index (χ2v) is 5.74. The van der Waals surface area contributed by atoms with Crippen molar-refractivity contribution in [3.63, 3.8) is 0 Å². The number of likely N-dealkylation sites (tertiary alicyclic amines) is 1. The summed E-state index contributed by atoms with van der Waals surface area (Å²) in [5.74, 6) is 0.862. The van der Waals surface area contributed by atoms with Crippen LogP contribution in [0.5, 0.6) is 0 Å². The van der Waals surface area contributed by atoms with Crippen LogP contribution in [0.25, 0.3) is 0 Å². The van der Waals surface area contributed by atoms with E-state index in [9.17, 15) is 4.79 Å². The quantitative estimate of drug-likeness (QED) is 0.822. The van der Waals surface area contributed by atoms with Gasteiger partial charge in [0.15, 0.2) is 0 Å². The van der Waals surface area contributed by atoms with Gasteiger partial charge in [0, 0.05) is 26.2 Å². The number of pyridine rings is 1. The summed E-state index contributed by atoms with van der Waals surface area (Å²) in [5.41, 5.74) is -0.458. The summed E-state index contributed by atoms with van der Waals surface area (Å²) in [4.78, 5) is 20.1. The zero-order chi connectivity index (χ0) is 14.0. The lowest BCUT2D eigenvalue weighted by atomic mass is 10.1. The van der Waals surface area contributed by atoms with Crippen LogP contribution >= 0.6 is 0 Å². The second kappa shape index (κ2) is 5.07. The Morgan fingerprint density at radius 1 is 1.47 bits per heavy atom. The van der Waals surface area contributed by atoms with E-state index in [4.69, 9.17) is 4.74 Å². The molecule has 1 aliphatic rings. The van der Waals surface area contributed by atoms with Crippen LogP contribution < -0.4 is 4.90 Å². The molecule has 1 amide bonds. The number of rotatable bonds is 2. The Morgan fingerprint density at radius 2 is 2.21 bits per heavy atom. The highest BCUT2D eigenvalue weighted by molar-refractivity contribution is 5.70. The van der Waals surface area contributed by atoms with Crippen LogP contribution in [-0.2, 0) is 4.74 Å². The van der Waals surface area contributed by atoms with Crippen molar-refractivity contribution in [1.82, 2.24) is 9.88 Å². The Kier molecular flexibility index (Phi) is 3.64. The second-order valence-electron chi connectivity index (χ2n) is 5.74. The maximum absolute atomic E-state index is 12.0. The first-order valence-electron chi connectivity index (χ1n) is 6.52. The molecule has 1 aliphatic heterocycles. The summed E-state index contributed by atoms with van der Waals surface area (Å²) in [6.07, 6.45) is 2.46. The molecule has 1 unspecified atom stereocenters. The molecule has 0 bridgehead atoms.